The molecule has 0 N–H and O–H groups in total. The van der Waals surface area contributed by atoms with Gasteiger partial charge in [-0.3, -0.25) is 0 Å². The monoisotopic (exact) mass is 286 g/mol. The van der Waals surface area contributed by atoms with E-state index in [9.17, 15) is 4.39 Å². The number of benzene rings is 1. The average Bonchev–Trinajstić information content (AvgIpc) is 2.23. The lowest BCUT2D eigenvalue weighted by molar-refractivity contribution is -0.00798. The molecule has 2 unspecified atom stereocenters. The lowest BCUT2D eigenvalue weighted by atomic mass is 9.69. The highest BCUT2D eigenvalue weighted by Gasteiger charge is 2.48. The second-order valence-corrected chi connectivity index (χ2v) is 6.15. The quantitative estimate of drug-likeness (QED) is 0.745. The molecule has 0 bridgehead atoms. The number of hydrogen-bond donors (Lipinski definition) is 0. The largest absolute Gasteiger partial charge is 0.490 e. The Morgan fingerprint density at radius 1 is 1.44 bits per heavy atom. The topological polar surface area (TPSA) is 9.23 Å². The molecule has 0 heterocycles. The molecule has 1 aliphatic carbocycles. The second kappa shape index (κ2) is 4.02. The Bertz CT molecular complexity index is 403. The van der Waals surface area contributed by atoms with Gasteiger partial charge in [-0.25, -0.2) is 4.39 Å². The molecule has 2 rings (SSSR count). The first-order valence-electron chi connectivity index (χ1n) is 5.48. The Morgan fingerprint density at radius 3 is 2.62 bits per heavy atom. The fourth-order valence-electron chi connectivity index (χ4n) is 1.85. The van der Waals surface area contributed by atoms with Crippen molar-refractivity contribution in [2.45, 2.75) is 38.1 Å². The van der Waals surface area contributed by atoms with Crippen molar-refractivity contribution in [3.63, 3.8) is 0 Å². The van der Waals surface area contributed by atoms with Crippen molar-refractivity contribution in [1.82, 2.24) is 0 Å². The zero-order valence-electron chi connectivity index (χ0n) is 9.76. The zero-order chi connectivity index (χ0) is 11.9. The summed E-state index contributed by atoms with van der Waals surface area (Å²) in [5.41, 5.74) is 0.764. The summed E-state index contributed by atoms with van der Waals surface area (Å²) in [4.78, 5) is 0.486. The van der Waals surface area contributed by atoms with E-state index in [1.54, 1.807) is 13.0 Å². The Kier molecular flexibility index (Phi) is 2.99. The van der Waals surface area contributed by atoms with Crippen molar-refractivity contribution in [1.29, 1.82) is 0 Å². The lowest BCUT2D eigenvalue weighted by Gasteiger charge is -2.48. The first kappa shape index (κ1) is 11.9. The van der Waals surface area contributed by atoms with E-state index >= 15 is 0 Å². The van der Waals surface area contributed by atoms with Gasteiger partial charge in [0.25, 0.3) is 0 Å². The van der Waals surface area contributed by atoms with Gasteiger partial charge in [0.15, 0.2) is 0 Å². The third-order valence-electron chi connectivity index (χ3n) is 3.48. The third-order valence-corrected chi connectivity index (χ3v) is 5.03. The molecule has 3 heteroatoms. The first-order valence-corrected chi connectivity index (χ1v) is 6.39. The minimum absolute atomic E-state index is 0.112. The van der Waals surface area contributed by atoms with Crippen LogP contribution in [0.15, 0.2) is 18.2 Å². The van der Waals surface area contributed by atoms with E-state index in [0.717, 1.165) is 6.42 Å². The Balaban J connectivity index is 2.08. The summed E-state index contributed by atoms with van der Waals surface area (Å²) in [6.45, 7) is 6.07. The van der Waals surface area contributed by atoms with Crippen LogP contribution in [0, 0.1) is 18.2 Å². The molecule has 0 spiro atoms. The van der Waals surface area contributed by atoms with Crippen molar-refractivity contribution >= 4 is 15.9 Å². The molecule has 0 aromatic heterocycles. The molecule has 88 valence electrons. The second-order valence-electron chi connectivity index (χ2n) is 5.04. The highest BCUT2D eigenvalue weighted by molar-refractivity contribution is 9.09. The normalized spacial score (nSPS) is 27.3. The van der Waals surface area contributed by atoms with E-state index in [4.69, 9.17) is 4.74 Å². The maximum absolute atomic E-state index is 13.3. The highest BCUT2D eigenvalue weighted by atomic mass is 79.9. The summed E-state index contributed by atoms with van der Waals surface area (Å²) in [5, 5.41) is 0. The van der Waals surface area contributed by atoms with Crippen LogP contribution in [-0.2, 0) is 0 Å². The smallest absolute Gasteiger partial charge is 0.129 e. The van der Waals surface area contributed by atoms with Gasteiger partial charge in [0.2, 0.25) is 0 Å². The highest BCUT2D eigenvalue weighted by Crippen LogP contribution is 2.47. The Morgan fingerprint density at radius 2 is 2.12 bits per heavy atom. The van der Waals surface area contributed by atoms with Gasteiger partial charge in [0, 0.05) is 16.3 Å². The van der Waals surface area contributed by atoms with Gasteiger partial charge in [-0.15, -0.1) is 0 Å². The number of aryl methyl sites for hydroxylation is 1. The first-order chi connectivity index (χ1) is 7.41. The molecule has 1 saturated carbocycles. The maximum atomic E-state index is 13.3. The number of rotatable bonds is 2. The van der Waals surface area contributed by atoms with Gasteiger partial charge in [-0.1, -0.05) is 35.8 Å². The maximum Gasteiger partial charge on any atom is 0.129 e. The molecule has 0 amide bonds. The van der Waals surface area contributed by atoms with Crippen LogP contribution >= 0.6 is 15.9 Å². The summed E-state index contributed by atoms with van der Waals surface area (Å²) in [5.74, 6) is 0.422. The SMILES string of the molecule is Cc1ccc(OC2CC(Br)C2(C)C)cc1F. The van der Waals surface area contributed by atoms with Gasteiger partial charge < -0.3 is 4.74 Å². The standard InChI is InChI=1S/C13H16BrFO/c1-8-4-5-9(6-10(8)15)16-12-7-11(14)13(12,2)3/h4-6,11-12H,7H2,1-3H3. The summed E-state index contributed by atoms with van der Waals surface area (Å²) < 4.78 is 19.1. The molecule has 1 nitrogen and oxygen atoms in total. The van der Waals surface area contributed by atoms with E-state index in [1.165, 1.54) is 6.07 Å². The van der Waals surface area contributed by atoms with Crippen LogP contribution in [0.2, 0.25) is 0 Å². The van der Waals surface area contributed by atoms with Crippen LogP contribution in [0.1, 0.15) is 25.8 Å². The van der Waals surface area contributed by atoms with Crippen LogP contribution in [-0.4, -0.2) is 10.9 Å². The third kappa shape index (κ3) is 1.97. The molecule has 0 saturated heterocycles. The van der Waals surface area contributed by atoms with Gasteiger partial charge >= 0.3 is 0 Å². The van der Waals surface area contributed by atoms with Gasteiger partial charge in [0.1, 0.15) is 17.7 Å². The fourth-order valence-corrected chi connectivity index (χ4v) is 2.48. The van der Waals surface area contributed by atoms with Crippen molar-refractivity contribution < 1.29 is 9.13 Å². The van der Waals surface area contributed by atoms with Crippen LogP contribution in [0.25, 0.3) is 0 Å². The number of hydrogen-bond acceptors (Lipinski definition) is 1. The molecule has 1 aromatic carbocycles. The molecular formula is C13H16BrFO. The number of alkyl halides is 1. The van der Waals surface area contributed by atoms with E-state index in [0.29, 0.717) is 16.1 Å². The van der Waals surface area contributed by atoms with Gasteiger partial charge in [0.05, 0.1) is 0 Å². The number of halogens is 2. The Hall–Kier alpha value is -0.570. The summed E-state index contributed by atoms with van der Waals surface area (Å²) in [6, 6.07) is 5.05. The van der Waals surface area contributed by atoms with Crippen LogP contribution in [0.3, 0.4) is 0 Å². The minimum Gasteiger partial charge on any atom is -0.490 e. The van der Waals surface area contributed by atoms with E-state index in [-0.39, 0.29) is 17.3 Å². The Labute approximate surface area is 104 Å². The molecule has 1 aliphatic rings. The lowest BCUT2D eigenvalue weighted by Crippen LogP contribution is -2.53. The average molecular weight is 287 g/mol. The van der Waals surface area contributed by atoms with Crippen molar-refractivity contribution in [2.75, 3.05) is 0 Å². The molecule has 0 aliphatic heterocycles. The molecule has 2 atom stereocenters. The van der Waals surface area contributed by atoms with Crippen molar-refractivity contribution in [3.8, 4) is 5.75 Å². The fraction of sp³-hybridized carbons (Fsp3) is 0.538. The summed E-state index contributed by atoms with van der Waals surface area (Å²) in [7, 11) is 0. The predicted octanol–water partition coefficient (Wildman–Crippen LogP) is 4.07. The number of ether oxygens (including phenoxy) is 1. The summed E-state index contributed by atoms with van der Waals surface area (Å²) in [6.07, 6.45) is 1.14. The van der Waals surface area contributed by atoms with E-state index in [1.807, 2.05) is 6.07 Å². The van der Waals surface area contributed by atoms with Crippen molar-refractivity contribution in [3.05, 3.63) is 29.6 Å². The van der Waals surface area contributed by atoms with Gasteiger partial charge in [-0.2, -0.15) is 0 Å². The van der Waals surface area contributed by atoms with Crippen LogP contribution < -0.4 is 4.74 Å². The zero-order valence-corrected chi connectivity index (χ0v) is 11.3. The summed E-state index contributed by atoms with van der Waals surface area (Å²) >= 11 is 3.61. The van der Waals surface area contributed by atoms with Crippen molar-refractivity contribution in [2.24, 2.45) is 5.41 Å². The molecule has 1 aromatic rings. The molecule has 0 radical (unpaired) electrons. The van der Waals surface area contributed by atoms with E-state index in [2.05, 4.69) is 29.8 Å². The molecule has 16 heavy (non-hydrogen) atoms. The van der Waals surface area contributed by atoms with E-state index < -0.39 is 0 Å². The molecule has 1 fully saturated rings. The minimum atomic E-state index is -0.204. The molecular weight excluding hydrogens is 271 g/mol. The van der Waals surface area contributed by atoms with Crippen LogP contribution in [0.5, 0.6) is 5.75 Å². The van der Waals surface area contributed by atoms with Gasteiger partial charge in [-0.05, 0) is 25.0 Å². The van der Waals surface area contributed by atoms with Crippen LogP contribution in [0.4, 0.5) is 4.39 Å². The predicted molar refractivity (Wildman–Crippen MR) is 66.7 cm³/mol.